The van der Waals surface area contributed by atoms with E-state index in [1.54, 1.807) is 0 Å². The number of nitrogens with one attached hydrogen (secondary N) is 3. The molecule has 0 atom stereocenters. The highest BCUT2D eigenvalue weighted by Gasteiger charge is 2.30. The van der Waals surface area contributed by atoms with Gasteiger partial charge in [0, 0.05) is 75.9 Å². The third kappa shape index (κ3) is 5.39. The normalized spacial score (nSPS) is 18.3. The minimum Gasteiger partial charge on any atom is -0.361 e. The number of aromatic nitrogens is 1. The first-order valence-corrected chi connectivity index (χ1v) is 11.7. The lowest BCUT2D eigenvalue weighted by molar-refractivity contribution is -0.139. The van der Waals surface area contributed by atoms with E-state index in [2.05, 4.69) is 61.7 Å². The van der Waals surface area contributed by atoms with E-state index < -0.39 is 0 Å². The van der Waals surface area contributed by atoms with Gasteiger partial charge in [-0.1, -0.05) is 18.6 Å². The Morgan fingerprint density at radius 3 is 2.65 bits per heavy atom. The van der Waals surface area contributed by atoms with E-state index in [0.717, 1.165) is 71.0 Å². The van der Waals surface area contributed by atoms with Crippen LogP contribution in [0.5, 0.6) is 0 Å². The van der Waals surface area contributed by atoms with Crippen LogP contribution in [0.4, 0.5) is 0 Å². The minimum atomic E-state index is 0.316. The topological polar surface area (TPSA) is 75.8 Å². The fourth-order valence-corrected chi connectivity index (χ4v) is 4.48. The largest absolute Gasteiger partial charge is 0.361 e. The molecule has 1 saturated heterocycles. The molecule has 168 valence electrons. The molecule has 0 unspecified atom stereocenters. The number of rotatable bonds is 7. The number of piperazine rings is 1. The molecule has 1 amide bonds. The molecular formula is C24H36N6O. The maximum Gasteiger partial charge on any atom is 0.225 e. The van der Waals surface area contributed by atoms with E-state index in [-0.39, 0.29) is 0 Å². The highest BCUT2D eigenvalue weighted by Crippen LogP contribution is 2.28. The Kier molecular flexibility index (Phi) is 7.12. The molecule has 0 bridgehead atoms. The van der Waals surface area contributed by atoms with Crippen molar-refractivity contribution in [2.45, 2.75) is 32.6 Å². The van der Waals surface area contributed by atoms with Crippen molar-refractivity contribution in [1.82, 2.24) is 25.4 Å². The number of carbonyl (C=O) groups excluding carboxylic acids is 1. The molecule has 0 radical (unpaired) electrons. The highest BCUT2D eigenvalue weighted by atomic mass is 16.2. The number of fused-ring (bicyclic) bond motifs is 1. The third-order valence-electron chi connectivity index (χ3n) is 6.69. The molecule has 2 fully saturated rings. The fourth-order valence-electron chi connectivity index (χ4n) is 4.48. The number of guanidine groups is 1. The van der Waals surface area contributed by atoms with E-state index in [1.807, 2.05) is 7.05 Å². The summed E-state index contributed by atoms with van der Waals surface area (Å²) in [7, 11) is 1.81. The first-order chi connectivity index (χ1) is 15.1. The molecule has 1 aromatic heterocycles. The number of nitrogens with zero attached hydrogens (tertiary/aromatic N) is 3. The summed E-state index contributed by atoms with van der Waals surface area (Å²) in [5.74, 6) is 1.55. The number of H-pyrrole nitrogens is 1. The maximum absolute atomic E-state index is 12.4. The van der Waals surface area contributed by atoms with Crippen LogP contribution in [-0.2, 0) is 11.2 Å². The number of hydrogen-bond donors (Lipinski definition) is 3. The van der Waals surface area contributed by atoms with Crippen LogP contribution in [0.15, 0.2) is 29.4 Å². The number of aryl methyl sites for hydroxylation is 1. The summed E-state index contributed by atoms with van der Waals surface area (Å²) in [5.41, 5.74) is 3.80. The summed E-state index contributed by atoms with van der Waals surface area (Å²) in [4.78, 5) is 24.6. The Morgan fingerprint density at radius 2 is 1.94 bits per heavy atom. The molecule has 2 heterocycles. The molecule has 0 spiro atoms. The van der Waals surface area contributed by atoms with Gasteiger partial charge in [-0.15, -0.1) is 0 Å². The molecule has 3 N–H and O–H groups in total. The van der Waals surface area contributed by atoms with Gasteiger partial charge in [-0.3, -0.25) is 14.7 Å². The Bertz CT molecular complexity index is 908. The van der Waals surface area contributed by atoms with Crippen LogP contribution < -0.4 is 10.6 Å². The van der Waals surface area contributed by atoms with Crippen LogP contribution in [0.1, 0.15) is 30.4 Å². The van der Waals surface area contributed by atoms with Crippen LogP contribution in [0.25, 0.3) is 10.9 Å². The van der Waals surface area contributed by atoms with Crippen molar-refractivity contribution in [3.63, 3.8) is 0 Å². The molecule has 1 saturated carbocycles. The summed E-state index contributed by atoms with van der Waals surface area (Å²) in [6.07, 6.45) is 6.46. The lowest BCUT2D eigenvalue weighted by Crippen LogP contribution is -2.52. The fraction of sp³-hybridized carbons (Fsp3) is 0.583. The summed E-state index contributed by atoms with van der Waals surface area (Å²) >= 11 is 0. The molecule has 1 aromatic carbocycles. The molecule has 31 heavy (non-hydrogen) atoms. The van der Waals surface area contributed by atoms with E-state index in [0.29, 0.717) is 11.8 Å². The standard InChI is InChI=1S/C24H36N6O/c1-18-6-7-21-20(17-28-22(21)16-18)8-9-26-24(25-2)27-10-11-29-12-14-30(15-13-29)23(31)19-4-3-5-19/h6-7,16-17,19,28H,3-5,8-15H2,1-2H3,(H2,25,26,27). The van der Waals surface area contributed by atoms with Gasteiger partial charge in [-0.2, -0.15) is 0 Å². The average molecular weight is 425 g/mol. The van der Waals surface area contributed by atoms with Crippen molar-refractivity contribution in [2.24, 2.45) is 10.9 Å². The van der Waals surface area contributed by atoms with Crippen molar-refractivity contribution in [3.8, 4) is 0 Å². The zero-order chi connectivity index (χ0) is 21.6. The second kappa shape index (κ2) is 10.2. The van der Waals surface area contributed by atoms with Crippen molar-refractivity contribution in [1.29, 1.82) is 0 Å². The van der Waals surface area contributed by atoms with E-state index >= 15 is 0 Å². The third-order valence-corrected chi connectivity index (χ3v) is 6.69. The predicted octanol–water partition coefficient (Wildman–Crippen LogP) is 2.13. The van der Waals surface area contributed by atoms with Gasteiger partial charge in [-0.25, -0.2) is 0 Å². The van der Waals surface area contributed by atoms with E-state index in [9.17, 15) is 4.79 Å². The molecule has 1 aliphatic carbocycles. The summed E-state index contributed by atoms with van der Waals surface area (Å²) in [6, 6.07) is 6.55. The second-order valence-electron chi connectivity index (χ2n) is 8.83. The monoisotopic (exact) mass is 424 g/mol. The first kappa shape index (κ1) is 21.7. The SMILES string of the molecule is CN=C(NCCc1c[nH]c2cc(C)ccc12)NCCN1CCN(C(=O)C2CCC2)CC1. The lowest BCUT2D eigenvalue weighted by Gasteiger charge is -2.38. The molecule has 1 aliphatic heterocycles. The Labute approximate surface area is 185 Å². The van der Waals surface area contributed by atoms with Gasteiger partial charge in [-0.05, 0) is 43.4 Å². The number of aromatic amines is 1. The average Bonchev–Trinajstić information content (AvgIpc) is 3.13. The van der Waals surface area contributed by atoms with Crippen LogP contribution in [0, 0.1) is 12.8 Å². The smallest absolute Gasteiger partial charge is 0.225 e. The van der Waals surface area contributed by atoms with Crippen LogP contribution in [-0.4, -0.2) is 79.5 Å². The molecule has 7 nitrogen and oxygen atoms in total. The van der Waals surface area contributed by atoms with Gasteiger partial charge in [0.25, 0.3) is 0 Å². The van der Waals surface area contributed by atoms with Crippen molar-refractivity contribution >= 4 is 22.8 Å². The predicted molar refractivity (Wildman–Crippen MR) is 126 cm³/mol. The number of carbonyl (C=O) groups is 1. The molecule has 7 heteroatoms. The van der Waals surface area contributed by atoms with Gasteiger partial charge < -0.3 is 20.5 Å². The zero-order valence-corrected chi connectivity index (χ0v) is 18.9. The van der Waals surface area contributed by atoms with Gasteiger partial charge in [0.15, 0.2) is 5.96 Å². The zero-order valence-electron chi connectivity index (χ0n) is 18.9. The highest BCUT2D eigenvalue weighted by molar-refractivity contribution is 5.84. The lowest BCUT2D eigenvalue weighted by atomic mass is 9.84. The molecule has 2 aromatic rings. The Hall–Kier alpha value is -2.54. The van der Waals surface area contributed by atoms with E-state index in [1.165, 1.54) is 28.5 Å². The number of hydrogen-bond acceptors (Lipinski definition) is 3. The quantitative estimate of drug-likeness (QED) is 0.470. The number of aliphatic imine (C=N–C) groups is 1. The first-order valence-electron chi connectivity index (χ1n) is 11.7. The number of benzene rings is 1. The van der Waals surface area contributed by atoms with E-state index in [4.69, 9.17) is 0 Å². The summed E-state index contributed by atoms with van der Waals surface area (Å²) < 4.78 is 0. The van der Waals surface area contributed by atoms with Gasteiger partial charge in [0.05, 0.1) is 0 Å². The van der Waals surface area contributed by atoms with Crippen molar-refractivity contribution in [2.75, 3.05) is 52.9 Å². The Balaban J connectivity index is 1.14. The molecule has 2 aliphatic rings. The van der Waals surface area contributed by atoms with Crippen LogP contribution >= 0.6 is 0 Å². The minimum absolute atomic E-state index is 0.316. The van der Waals surface area contributed by atoms with Gasteiger partial charge >= 0.3 is 0 Å². The van der Waals surface area contributed by atoms with Gasteiger partial charge in [0.1, 0.15) is 0 Å². The second-order valence-corrected chi connectivity index (χ2v) is 8.83. The van der Waals surface area contributed by atoms with Crippen LogP contribution in [0.3, 0.4) is 0 Å². The van der Waals surface area contributed by atoms with Crippen molar-refractivity contribution < 1.29 is 4.79 Å². The maximum atomic E-state index is 12.4. The summed E-state index contributed by atoms with van der Waals surface area (Å²) in [5, 5.41) is 8.14. The summed E-state index contributed by atoms with van der Waals surface area (Å²) in [6.45, 7) is 8.43. The molecular weight excluding hydrogens is 388 g/mol. The van der Waals surface area contributed by atoms with Crippen molar-refractivity contribution in [3.05, 3.63) is 35.5 Å². The number of amides is 1. The Morgan fingerprint density at radius 1 is 1.16 bits per heavy atom. The van der Waals surface area contributed by atoms with Gasteiger partial charge in [0.2, 0.25) is 5.91 Å². The van der Waals surface area contributed by atoms with Crippen LogP contribution in [0.2, 0.25) is 0 Å². The molecule has 4 rings (SSSR count).